The van der Waals surface area contributed by atoms with E-state index in [9.17, 15) is 4.79 Å². The number of carbonyl (C=O) groups excluding carboxylic acids is 1. The molecule has 1 fully saturated rings. The van der Waals surface area contributed by atoms with Crippen LogP contribution in [0, 0.1) is 0 Å². The molecule has 1 atom stereocenters. The Morgan fingerprint density at radius 3 is 2.76 bits per heavy atom. The van der Waals surface area contributed by atoms with E-state index >= 15 is 0 Å². The van der Waals surface area contributed by atoms with Crippen molar-refractivity contribution in [2.24, 2.45) is 0 Å². The van der Waals surface area contributed by atoms with Gasteiger partial charge in [0.2, 0.25) is 5.91 Å². The number of carbonyl (C=O) groups is 1. The van der Waals surface area contributed by atoms with E-state index < -0.39 is 0 Å². The van der Waals surface area contributed by atoms with Gasteiger partial charge in [-0.2, -0.15) is 0 Å². The highest BCUT2D eigenvalue weighted by molar-refractivity contribution is 8.00. The normalized spacial score (nSPS) is 16.1. The van der Waals surface area contributed by atoms with Crippen LogP contribution in [0.4, 0.5) is 0 Å². The lowest BCUT2D eigenvalue weighted by Crippen LogP contribution is -2.30. The molecule has 0 saturated heterocycles. The molecule has 1 aromatic carbocycles. The van der Waals surface area contributed by atoms with E-state index in [0.29, 0.717) is 17.6 Å². The van der Waals surface area contributed by atoms with Crippen LogP contribution >= 0.6 is 23.4 Å². The quantitative estimate of drug-likeness (QED) is 0.760. The maximum Gasteiger partial charge on any atom is 0.233 e. The molecule has 134 valence electrons. The molecule has 0 aliphatic heterocycles. The second-order valence-corrected chi connectivity index (χ2v) is 7.96. The molecule has 0 unspecified atom stereocenters. The summed E-state index contributed by atoms with van der Waals surface area (Å²) in [6.07, 6.45) is 4.64. The Labute approximate surface area is 157 Å². The van der Waals surface area contributed by atoms with Gasteiger partial charge in [-0.05, 0) is 38.8 Å². The average Bonchev–Trinajstić information content (AvgIpc) is 3.25. The third kappa shape index (κ3) is 4.01. The molecule has 1 N–H and O–H groups in total. The molecule has 1 aliphatic carbocycles. The van der Waals surface area contributed by atoms with Crippen molar-refractivity contribution in [3.63, 3.8) is 0 Å². The van der Waals surface area contributed by atoms with Gasteiger partial charge in [0.25, 0.3) is 0 Å². The van der Waals surface area contributed by atoms with Gasteiger partial charge in [0.15, 0.2) is 11.0 Å². The molecule has 1 heterocycles. The highest BCUT2D eigenvalue weighted by Gasteiger charge is 2.27. The lowest BCUT2D eigenvalue weighted by atomic mass is 10.2. The van der Waals surface area contributed by atoms with Crippen LogP contribution < -0.4 is 5.32 Å². The number of nitrogens with one attached hydrogen (secondary N) is 1. The zero-order chi connectivity index (χ0) is 17.8. The summed E-state index contributed by atoms with van der Waals surface area (Å²) in [4.78, 5) is 12.1. The lowest BCUT2D eigenvalue weighted by Gasteiger charge is -2.18. The zero-order valence-corrected chi connectivity index (χ0v) is 16.1. The fraction of sp³-hybridized carbons (Fsp3) is 0.500. The summed E-state index contributed by atoms with van der Waals surface area (Å²) in [6.45, 7) is 4.45. The van der Waals surface area contributed by atoms with E-state index in [1.54, 1.807) is 0 Å². The van der Waals surface area contributed by atoms with Gasteiger partial charge in [-0.3, -0.25) is 9.36 Å². The summed E-state index contributed by atoms with van der Waals surface area (Å²) in [5.74, 6) is 0.816. The third-order valence-electron chi connectivity index (χ3n) is 4.47. The Kier molecular flexibility index (Phi) is 6.02. The van der Waals surface area contributed by atoms with Crippen molar-refractivity contribution in [3.05, 3.63) is 29.3 Å². The van der Waals surface area contributed by atoms with Gasteiger partial charge in [-0.15, -0.1) is 10.2 Å². The van der Waals surface area contributed by atoms with Crippen LogP contribution in [0.3, 0.4) is 0 Å². The molecule has 5 nitrogen and oxygen atoms in total. The molecule has 2 aromatic rings. The first-order chi connectivity index (χ1) is 12.1. The van der Waals surface area contributed by atoms with Crippen LogP contribution in [-0.2, 0) is 4.79 Å². The zero-order valence-electron chi connectivity index (χ0n) is 14.5. The molecule has 7 heteroatoms. The van der Waals surface area contributed by atoms with Crippen LogP contribution in [-0.4, -0.2) is 32.5 Å². The van der Waals surface area contributed by atoms with E-state index in [-0.39, 0.29) is 11.2 Å². The molecule has 1 aliphatic rings. The van der Waals surface area contributed by atoms with Crippen molar-refractivity contribution in [1.29, 1.82) is 0 Å². The fourth-order valence-electron chi connectivity index (χ4n) is 3.20. The predicted octanol–water partition coefficient (Wildman–Crippen LogP) is 4.33. The first kappa shape index (κ1) is 18.3. The molecular formula is C18H23ClN4OS. The Bertz CT molecular complexity index is 742. The second-order valence-electron chi connectivity index (χ2n) is 6.25. The van der Waals surface area contributed by atoms with Gasteiger partial charge >= 0.3 is 0 Å². The van der Waals surface area contributed by atoms with Crippen molar-refractivity contribution in [2.45, 2.75) is 56.0 Å². The molecule has 0 radical (unpaired) electrons. The number of hydrogen-bond acceptors (Lipinski definition) is 4. The topological polar surface area (TPSA) is 59.8 Å². The number of aromatic nitrogens is 3. The smallest absolute Gasteiger partial charge is 0.233 e. The van der Waals surface area contributed by atoms with E-state index in [0.717, 1.165) is 29.4 Å². The first-order valence-corrected chi connectivity index (χ1v) is 10.0. The average molecular weight is 379 g/mol. The number of nitrogens with zero attached hydrogens (tertiary/aromatic N) is 3. The summed E-state index contributed by atoms with van der Waals surface area (Å²) in [7, 11) is 0. The second kappa shape index (κ2) is 8.23. The number of benzene rings is 1. The Morgan fingerprint density at radius 2 is 2.08 bits per heavy atom. The van der Waals surface area contributed by atoms with Gasteiger partial charge in [0, 0.05) is 18.2 Å². The van der Waals surface area contributed by atoms with Crippen molar-refractivity contribution in [1.82, 2.24) is 20.1 Å². The number of rotatable bonds is 6. The van der Waals surface area contributed by atoms with Crippen LogP contribution in [0.25, 0.3) is 11.4 Å². The Hall–Kier alpha value is -1.53. The highest BCUT2D eigenvalue weighted by atomic mass is 35.5. The minimum atomic E-state index is -0.219. The monoisotopic (exact) mass is 378 g/mol. The summed E-state index contributed by atoms with van der Waals surface area (Å²) >= 11 is 7.85. The lowest BCUT2D eigenvalue weighted by molar-refractivity contribution is -0.120. The number of halogens is 1. The fourth-order valence-corrected chi connectivity index (χ4v) is 4.37. The predicted molar refractivity (Wildman–Crippen MR) is 102 cm³/mol. The van der Waals surface area contributed by atoms with E-state index in [1.807, 2.05) is 38.1 Å². The third-order valence-corrected chi connectivity index (χ3v) is 5.86. The van der Waals surface area contributed by atoms with Gasteiger partial charge in [0.1, 0.15) is 0 Å². The van der Waals surface area contributed by atoms with E-state index in [1.165, 1.54) is 24.6 Å². The van der Waals surface area contributed by atoms with Crippen LogP contribution in [0.5, 0.6) is 0 Å². The van der Waals surface area contributed by atoms with Crippen molar-refractivity contribution in [3.8, 4) is 11.4 Å². The summed E-state index contributed by atoms with van der Waals surface area (Å²) in [6, 6.07) is 8.08. The van der Waals surface area contributed by atoms with Crippen molar-refractivity contribution in [2.75, 3.05) is 6.54 Å². The van der Waals surface area contributed by atoms with Gasteiger partial charge in [-0.25, -0.2) is 0 Å². The largest absolute Gasteiger partial charge is 0.355 e. The molecule has 0 bridgehead atoms. The maximum atomic E-state index is 12.1. The first-order valence-electron chi connectivity index (χ1n) is 8.76. The van der Waals surface area contributed by atoms with E-state index in [2.05, 4.69) is 20.1 Å². The van der Waals surface area contributed by atoms with Crippen LogP contribution in [0.1, 0.15) is 45.6 Å². The van der Waals surface area contributed by atoms with Gasteiger partial charge < -0.3 is 5.32 Å². The minimum Gasteiger partial charge on any atom is -0.355 e. The van der Waals surface area contributed by atoms with Gasteiger partial charge in [0.05, 0.1) is 10.3 Å². The maximum absolute atomic E-state index is 12.1. The number of thioether (sulfide) groups is 1. The van der Waals surface area contributed by atoms with Crippen molar-refractivity contribution < 1.29 is 4.79 Å². The Balaban J connectivity index is 1.96. The minimum absolute atomic E-state index is 0.0211. The van der Waals surface area contributed by atoms with Crippen molar-refractivity contribution >= 4 is 29.3 Å². The molecule has 1 saturated carbocycles. The molecule has 1 aromatic heterocycles. The van der Waals surface area contributed by atoms with E-state index in [4.69, 9.17) is 11.6 Å². The highest BCUT2D eigenvalue weighted by Crippen LogP contribution is 2.38. The van der Waals surface area contributed by atoms with Crippen LogP contribution in [0.2, 0.25) is 5.02 Å². The molecule has 25 heavy (non-hydrogen) atoms. The number of amides is 1. The SMILES string of the molecule is CCNC(=O)[C@@H](C)Sc1nnc(-c2ccccc2Cl)n1C1CCCC1. The summed E-state index contributed by atoms with van der Waals surface area (Å²) in [5, 5.41) is 12.9. The van der Waals surface area contributed by atoms with Gasteiger partial charge in [-0.1, -0.05) is 48.3 Å². The standard InChI is InChI=1S/C18H23ClN4OS/c1-3-20-17(24)12(2)25-18-22-21-16(14-10-6-7-11-15(14)19)23(18)13-8-4-5-9-13/h6-7,10-13H,3-5,8-9H2,1-2H3,(H,20,24)/t12-/m1/s1. The Morgan fingerprint density at radius 1 is 1.36 bits per heavy atom. The number of hydrogen-bond donors (Lipinski definition) is 1. The molecule has 3 rings (SSSR count). The molecule has 0 spiro atoms. The van der Waals surface area contributed by atoms with Crippen LogP contribution in [0.15, 0.2) is 29.4 Å². The molecule has 1 amide bonds. The summed E-state index contributed by atoms with van der Waals surface area (Å²) < 4.78 is 2.19. The molecular weight excluding hydrogens is 356 g/mol. The summed E-state index contributed by atoms with van der Waals surface area (Å²) in [5.41, 5.74) is 0.890.